The number of phenols is 2. The summed E-state index contributed by atoms with van der Waals surface area (Å²) in [6.07, 6.45) is 0. The Labute approximate surface area is 120 Å². The van der Waals surface area contributed by atoms with E-state index in [1.165, 1.54) is 6.07 Å². The molecule has 0 fully saturated rings. The van der Waals surface area contributed by atoms with E-state index in [1.807, 2.05) is 20.8 Å². The Morgan fingerprint density at radius 3 is 1.55 bits per heavy atom. The van der Waals surface area contributed by atoms with Crippen LogP contribution in [0, 0.1) is 0 Å². The molecule has 0 saturated carbocycles. The minimum Gasteiger partial charge on any atom is -0.504 e. The molecule has 0 aliphatic rings. The lowest BCUT2D eigenvalue weighted by Gasteiger charge is -2.28. The predicted molar refractivity (Wildman–Crippen MR) is 77.0 cm³/mol. The van der Waals surface area contributed by atoms with Crippen LogP contribution in [0.25, 0.3) is 0 Å². The first-order valence-corrected chi connectivity index (χ1v) is 7.68. The number of hydrogen-bond donors (Lipinski definition) is 3. The van der Waals surface area contributed by atoms with Crippen LogP contribution in [0.1, 0.15) is 52.7 Å². The van der Waals surface area contributed by atoms with Gasteiger partial charge in [0.05, 0.1) is 0 Å². The van der Waals surface area contributed by atoms with Gasteiger partial charge in [-0.3, -0.25) is 4.55 Å². The molecule has 0 amide bonds. The fourth-order valence-corrected chi connectivity index (χ4v) is 3.01. The van der Waals surface area contributed by atoms with E-state index in [1.54, 1.807) is 20.8 Å². The molecule has 3 N–H and O–H groups in total. The third-order valence-electron chi connectivity index (χ3n) is 3.10. The summed E-state index contributed by atoms with van der Waals surface area (Å²) < 4.78 is 32.4. The van der Waals surface area contributed by atoms with Crippen molar-refractivity contribution in [3.8, 4) is 11.5 Å². The van der Waals surface area contributed by atoms with E-state index in [0.717, 1.165) is 0 Å². The summed E-state index contributed by atoms with van der Waals surface area (Å²) >= 11 is 0. The Morgan fingerprint density at radius 2 is 1.25 bits per heavy atom. The van der Waals surface area contributed by atoms with Crippen molar-refractivity contribution in [2.75, 3.05) is 0 Å². The zero-order valence-electron chi connectivity index (χ0n) is 12.6. The van der Waals surface area contributed by atoms with E-state index < -0.39 is 37.3 Å². The van der Waals surface area contributed by atoms with Crippen LogP contribution in [-0.2, 0) is 20.9 Å². The van der Waals surface area contributed by atoms with Gasteiger partial charge >= 0.3 is 0 Å². The second kappa shape index (κ2) is 4.63. The summed E-state index contributed by atoms with van der Waals surface area (Å²) in [6, 6.07) is 1.53. The van der Waals surface area contributed by atoms with Gasteiger partial charge < -0.3 is 10.2 Å². The van der Waals surface area contributed by atoms with Crippen molar-refractivity contribution in [1.29, 1.82) is 0 Å². The monoisotopic (exact) mass is 302 g/mol. The van der Waals surface area contributed by atoms with Gasteiger partial charge in [-0.15, -0.1) is 0 Å². The predicted octanol–water partition coefficient (Wildman–Crippen LogP) is 2.94. The Balaban J connectivity index is 3.95. The summed E-state index contributed by atoms with van der Waals surface area (Å²) in [5, 5.41) is 20.1. The van der Waals surface area contributed by atoms with Crippen LogP contribution >= 0.6 is 0 Å². The topological polar surface area (TPSA) is 94.8 Å². The van der Waals surface area contributed by atoms with Gasteiger partial charge in [0, 0.05) is 5.56 Å². The van der Waals surface area contributed by atoms with Crippen molar-refractivity contribution in [3.05, 3.63) is 17.2 Å². The van der Waals surface area contributed by atoms with Gasteiger partial charge in [-0.05, 0) is 22.5 Å². The van der Waals surface area contributed by atoms with Crippen molar-refractivity contribution in [1.82, 2.24) is 0 Å². The van der Waals surface area contributed by atoms with Gasteiger partial charge in [0.15, 0.2) is 11.5 Å². The lowest BCUT2D eigenvalue weighted by Crippen LogP contribution is -2.20. The fraction of sp³-hybridized carbons (Fsp3) is 0.571. The third-order valence-corrected chi connectivity index (χ3v) is 4.03. The van der Waals surface area contributed by atoms with Gasteiger partial charge in [0.1, 0.15) is 4.90 Å². The molecule has 1 aromatic carbocycles. The highest BCUT2D eigenvalue weighted by atomic mass is 32.2. The van der Waals surface area contributed by atoms with E-state index in [4.69, 9.17) is 0 Å². The van der Waals surface area contributed by atoms with Crippen LogP contribution in [0.5, 0.6) is 11.5 Å². The highest BCUT2D eigenvalue weighted by molar-refractivity contribution is 7.86. The summed E-state index contributed by atoms with van der Waals surface area (Å²) in [6.45, 7) is 10.8. The number of hydrogen-bond acceptors (Lipinski definition) is 4. The number of rotatable bonds is 1. The molecular weight excluding hydrogens is 280 g/mol. The smallest absolute Gasteiger partial charge is 0.298 e. The lowest BCUT2D eigenvalue weighted by molar-refractivity contribution is 0.370. The molecule has 0 unspecified atom stereocenters. The summed E-state index contributed by atoms with van der Waals surface area (Å²) in [7, 11) is -4.64. The molecule has 0 spiro atoms. The van der Waals surface area contributed by atoms with Gasteiger partial charge in [0.2, 0.25) is 0 Å². The molecule has 5 nitrogen and oxygen atoms in total. The van der Waals surface area contributed by atoms with Gasteiger partial charge in [-0.25, -0.2) is 0 Å². The molecular formula is C14H22O5S. The highest BCUT2D eigenvalue weighted by Crippen LogP contribution is 2.45. The van der Waals surface area contributed by atoms with Crippen molar-refractivity contribution in [2.24, 2.45) is 0 Å². The first kappa shape index (κ1) is 16.8. The number of aromatic hydroxyl groups is 2. The molecule has 0 atom stereocenters. The molecule has 1 rings (SSSR count). The van der Waals surface area contributed by atoms with Gasteiger partial charge in [-0.2, -0.15) is 8.42 Å². The Morgan fingerprint density at radius 1 is 0.850 bits per heavy atom. The Kier molecular flexibility index (Phi) is 3.89. The average molecular weight is 302 g/mol. The molecule has 0 aromatic heterocycles. The Bertz CT molecular complexity index is 631. The minimum atomic E-state index is -4.64. The van der Waals surface area contributed by atoms with Crippen LogP contribution in [0.15, 0.2) is 11.0 Å². The van der Waals surface area contributed by atoms with E-state index in [0.29, 0.717) is 5.56 Å². The highest BCUT2D eigenvalue weighted by Gasteiger charge is 2.33. The normalized spacial score (nSPS) is 13.6. The standard InChI is InChI=1S/C14H22O5S/c1-13(2,3)8-7-9(14(4,5)6)12(20(17,18)19)11(16)10(8)15/h7,15-16H,1-6H3,(H,17,18,19). The van der Waals surface area contributed by atoms with Crippen molar-refractivity contribution in [3.63, 3.8) is 0 Å². The zero-order chi connectivity index (χ0) is 16.1. The van der Waals surface area contributed by atoms with Crippen LogP contribution < -0.4 is 0 Å². The lowest BCUT2D eigenvalue weighted by atomic mass is 9.80. The summed E-state index contributed by atoms with van der Waals surface area (Å²) in [5.41, 5.74) is -0.428. The van der Waals surface area contributed by atoms with Crippen LogP contribution in [0.4, 0.5) is 0 Å². The quantitative estimate of drug-likeness (QED) is 0.547. The van der Waals surface area contributed by atoms with E-state index in [9.17, 15) is 23.2 Å². The van der Waals surface area contributed by atoms with Crippen LogP contribution in [-0.4, -0.2) is 23.2 Å². The maximum Gasteiger partial charge on any atom is 0.298 e. The molecule has 0 radical (unpaired) electrons. The molecule has 0 heterocycles. The first-order chi connectivity index (χ1) is 8.67. The molecule has 6 heteroatoms. The second-order valence-electron chi connectivity index (χ2n) is 6.97. The van der Waals surface area contributed by atoms with Crippen molar-refractivity contribution in [2.45, 2.75) is 57.3 Å². The molecule has 20 heavy (non-hydrogen) atoms. The van der Waals surface area contributed by atoms with E-state index >= 15 is 0 Å². The van der Waals surface area contributed by atoms with Crippen molar-refractivity contribution < 1.29 is 23.2 Å². The number of benzene rings is 1. The summed E-state index contributed by atoms with van der Waals surface area (Å²) in [4.78, 5) is -0.629. The second-order valence-corrected chi connectivity index (χ2v) is 8.33. The fourth-order valence-electron chi connectivity index (χ4n) is 2.03. The van der Waals surface area contributed by atoms with Gasteiger partial charge in [-0.1, -0.05) is 41.5 Å². The maximum absolute atomic E-state index is 11.5. The molecule has 0 aliphatic carbocycles. The van der Waals surface area contributed by atoms with Crippen LogP contribution in [0.3, 0.4) is 0 Å². The zero-order valence-corrected chi connectivity index (χ0v) is 13.5. The molecule has 1 aromatic rings. The maximum atomic E-state index is 11.5. The summed E-state index contributed by atoms with van der Waals surface area (Å²) in [5.74, 6) is -1.32. The molecule has 0 aliphatic heterocycles. The van der Waals surface area contributed by atoms with E-state index in [-0.39, 0.29) is 5.56 Å². The Hall–Kier alpha value is -1.27. The third kappa shape index (κ3) is 3.07. The van der Waals surface area contributed by atoms with Crippen molar-refractivity contribution >= 4 is 10.1 Å². The average Bonchev–Trinajstić information content (AvgIpc) is 2.15. The van der Waals surface area contributed by atoms with Crippen LogP contribution in [0.2, 0.25) is 0 Å². The first-order valence-electron chi connectivity index (χ1n) is 6.24. The molecule has 0 saturated heterocycles. The largest absolute Gasteiger partial charge is 0.504 e. The molecule has 0 bridgehead atoms. The molecule has 114 valence electrons. The SMILES string of the molecule is CC(C)(C)c1cc(C(C)(C)C)c(S(=O)(=O)O)c(O)c1O. The minimum absolute atomic E-state index is 0.264. The van der Waals surface area contributed by atoms with Gasteiger partial charge in [0.25, 0.3) is 10.1 Å². The number of phenolic OH excluding ortho intramolecular Hbond substituents is 2. The van der Waals surface area contributed by atoms with E-state index in [2.05, 4.69) is 0 Å².